The van der Waals surface area contributed by atoms with Gasteiger partial charge in [0, 0.05) is 6.04 Å². The molecule has 1 aromatic carbocycles. The molecule has 0 spiro atoms. The standard InChI is InChI=1S/C13H16N2O3/c16-12(13(17)15-10-6-7-10)14-8-9-18-11-4-2-1-3-5-11/h1-5,10H,6-9H2,(H,14,16)(H,15,17). The third-order valence-corrected chi connectivity index (χ3v) is 2.52. The summed E-state index contributed by atoms with van der Waals surface area (Å²) in [6.07, 6.45) is 1.94. The van der Waals surface area contributed by atoms with Crippen molar-refractivity contribution in [3.05, 3.63) is 30.3 Å². The van der Waals surface area contributed by atoms with Crippen molar-refractivity contribution in [2.45, 2.75) is 18.9 Å². The summed E-state index contributed by atoms with van der Waals surface area (Å²) in [7, 11) is 0. The van der Waals surface area contributed by atoms with Crippen molar-refractivity contribution in [2.75, 3.05) is 13.2 Å². The predicted octanol–water partition coefficient (Wildman–Crippen LogP) is 0.460. The molecule has 0 bridgehead atoms. The Balaban J connectivity index is 1.59. The Bertz CT molecular complexity index is 416. The molecule has 18 heavy (non-hydrogen) atoms. The normalized spacial score (nSPS) is 13.8. The molecule has 2 N–H and O–H groups in total. The van der Waals surface area contributed by atoms with Gasteiger partial charge < -0.3 is 15.4 Å². The quantitative estimate of drug-likeness (QED) is 0.587. The van der Waals surface area contributed by atoms with Gasteiger partial charge in [-0.3, -0.25) is 9.59 Å². The number of hydrogen-bond donors (Lipinski definition) is 2. The molecule has 2 rings (SSSR count). The number of carbonyl (C=O) groups is 2. The van der Waals surface area contributed by atoms with Crippen LogP contribution in [-0.4, -0.2) is 31.0 Å². The molecule has 1 fully saturated rings. The summed E-state index contributed by atoms with van der Waals surface area (Å²) >= 11 is 0. The Morgan fingerprint density at radius 3 is 2.56 bits per heavy atom. The molecule has 0 heterocycles. The van der Waals surface area contributed by atoms with Crippen molar-refractivity contribution in [3.63, 3.8) is 0 Å². The van der Waals surface area contributed by atoms with E-state index >= 15 is 0 Å². The third-order valence-electron chi connectivity index (χ3n) is 2.52. The van der Waals surface area contributed by atoms with E-state index in [1.165, 1.54) is 0 Å². The summed E-state index contributed by atoms with van der Waals surface area (Å²) in [6.45, 7) is 0.651. The Kier molecular flexibility index (Phi) is 4.17. The van der Waals surface area contributed by atoms with Crippen LogP contribution < -0.4 is 15.4 Å². The molecule has 0 unspecified atom stereocenters. The number of nitrogens with one attached hydrogen (secondary N) is 2. The first-order chi connectivity index (χ1) is 8.75. The Labute approximate surface area is 106 Å². The minimum Gasteiger partial charge on any atom is -0.492 e. The van der Waals surface area contributed by atoms with Crippen LogP contribution in [0, 0.1) is 0 Å². The molecule has 1 aliphatic rings. The SMILES string of the molecule is O=C(NCCOc1ccccc1)C(=O)NC1CC1. The number of para-hydroxylation sites is 1. The summed E-state index contributed by atoms with van der Waals surface area (Å²) in [5.41, 5.74) is 0. The van der Waals surface area contributed by atoms with E-state index in [1.54, 1.807) is 0 Å². The highest BCUT2D eigenvalue weighted by Crippen LogP contribution is 2.18. The second kappa shape index (κ2) is 6.05. The average Bonchev–Trinajstić information content (AvgIpc) is 3.19. The molecule has 2 amide bonds. The minimum atomic E-state index is -0.599. The van der Waals surface area contributed by atoms with Crippen molar-refractivity contribution in [1.82, 2.24) is 10.6 Å². The van der Waals surface area contributed by atoms with E-state index in [1.807, 2.05) is 30.3 Å². The van der Waals surface area contributed by atoms with Gasteiger partial charge in [-0.25, -0.2) is 0 Å². The van der Waals surface area contributed by atoms with Crippen molar-refractivity contribution < 1.29 is 14.3 Å². The fourth-order valence-electron chi connectivity index (χ4n) is 1.41. The summed E-state index contributed by atoms with van der Waals surface area (Å²) in [5.74, 6) is -0.412. The van der Waals surface area contributed by atoms with E-state index in [9.17, 15) is 9.59 Å². The highest BCUT2D eigenvalue weighted by molar-refractivity contribution is 6.35. The molecular formula is C13H16N2O3. The van der Waals surface area contributed by atoms with E-state index in [0.717, 1.165) is 18.6 Å². The molecule has 1 aliphatic carbocycles. The number of benzene rings is 1. The van der Waals surface area contributed by atoms with Crippen LogP contribution in [0.25, 0.3) is 0 Å². The van der Waals surface area contributed by atoms with Gasteiger partial charge in [0.05, 0.1) is 6.54 Å². The van der Waals surface area contributed by atoms with Crippen LogP contribution in [0.5, 0.6) is 5.75 Å². The van der Waals surface area contributed by atoms with E-state index in [4.69, 9.17) is 4.74 Å². The molecule has 1 saturated carbocycles. The maximum Gasteiger partial charge on any atom is 0.309 e. The minimum absolute atomic E-state index is 0.198. The first kappa shape index (κ1) is 12.4. The molecule has 5 nitrogen and oxygen atoms in total. The second-order valence-electron chi connectivity index (χ2n) is 4.17. The first-order valence-corrected chi connectivity index (χ1v) is 6.02. The van der Waals surface area contributed by atoms with Crippen LogP contribution in [-0.2, 0) is 9.59 Å². The molecule has 0 aliphatic heterocycles. The molecule has 0 aromatic heterocycles. The van der Waals surface area contributed by atoms with Crippen LogP contribution in [0.1, 0.15) is 12.8 Å². The molecule has 0 atom stereocenters. The highest BCUT2D eigenvalue weighted by Gasteiger charge is 2.25. The van der Waals surface area contributed by atoms with Gasteiger partial charge in [0.25, 0.3) is 0 Å². The number of carbonyl (C=O) groups excluding carboxylic acids is 2. The molecular weight excluding hydrogens is 232 g/mol. The lowest BCUT2D eigenvalue weighted by Gasteiger charge is -2.07. The fraction of sp³-hybridized carbons (Fsp3) is 0.385. The number of rotatable bonds is 5. The topological polar surface area (TPSA) is 67.4 Å². The Hall–Kier alpha value is -2.04. The number of ether oxygens (including phenoxy) is 1. The zero-order chi connectivity index (χ0) is 12.8. The lowest BCUT2D eigenvalue weighted by molar-refractivity contribution is -0.139. The zero-order valence-electron chi connectivity index (χ0n) is 10.0. The lowest BCUT2D eigenvalue weighted by atomic mass is 10.3. The van der Waals surface area contributed by atoms with Crippen molar-refractivity contribution in [1.29, 1.82) is 0 Å². The van der Waals surface area contributed by atoms with Crippen molar-refractivity contribution in [2.24, 2.45) is 0 Å². The zero-order valence-corrected chi connectivity index (χ0v) is 10.0. The smallest absolute Gasteiger partial charge is 0.309 e. The number of amides is 2. The maximum atomic E-state index is 11.3. The molecule has 96 valence electrons. The van der Waals surface area contributed by atoms with Gasteiger partial charge >= 0.3 is 11.8 Å². The van der Waals surface area contributed by atoms with Crippen LogP contribution in [0.3, 0.4) is 0 Å². The van der Waals surface area contributed by atoms with Gasteiger partial charge in [-0.2, -0.15) is 0 Å². The maximum absolute atomic E-state index is 11.3. The third kappa shape index (κ3) is 4.08. The van der Waals surface area contributed by atoms with Crippen molar-refractivity contribution in [3.8, 4) is 5.75 Å². The van der Waals surface area contributed by atoms with Gasteiger partial charge in [0.15, 0.2) is 0 Å². The average molecular weight is 248 g/mol. The van der Waals surface area contributed by atoms with Gasteiger partial charge in [0.2, 0.25) is 0 Å². The van der Waals surface area contributed by atoms with E-state index in [0.29, 0.717) is 13.2 Å². The van der Waals surface area contributed by atoms with Crippen molar-refractivity contribution >= 4 is 11.8 Å². The second-order valence-corrected chi connectivity index (χ2v) is 4.17. The Morgan fingerprint density at radius 1 is 1.17 bits per heavy atom. The van der Waals surface area contributed by atoms with Gasteiger partial charge in [-0.05, 0) is 25.0 Å². The van der Waals surface area contributed by atoms with E-state index in [-0.39, 0.29) is 6.04 Å². The summed E-state index contributed by atoms with van der Waals surface area (Å²) in [4.78, 5) is 22.6. The highest BCUT2D eigenvalue weighted by atomic mass is 16.5. The van der Waals surface area contributed by atoms with Gasteiger partial charge in [-0.1, -0.05) is 18.2 Å². The van der Waals surface area contributed by atoms with Gasteiger partial charge in [0.1, 0.15) is 12.4 Å². The van der Waals surface area contributed by atoms with Crippen LogP contribution in [0.2, 0.25) is 0 Å². The van der Waals surface area contributed by atoms with Crippen LogP contribution in [0.4, 0.5) is 0 Å². The van der Waals surface area contributed by atoms with E-state index < -0.39 is 11.8 Å². The monoisotopic (exact) mass is 248 g/mol. The van der Waals surface area contributed by atoms with Crippen LogP contribution in [0.15, 0.2) is 30.3 Å². The Morgan fingerprint density at radius 2 is 1.89 bits per heavy atom. The van der Waals surface area contributed by atoms with Crippen LogP contribution >= 0.6 is 0 Å². The first-order valence-electron chi connectivity index (χ1n) is 6.02. The molecule has 5 heteroatoms. The largest absolute Gasteiger partial charge is 0.492 e. The van der Waals surface area contributed by atoms with E-state index in [2.05, 4.69) is 10.6 Å². The molecule has 0 radical (unpaired) electrons. The number of hydrogen-bond acceptors (Lipinski definition) is 3. The molecule has 0 saturated heterocycles. The summed E-state index contributed by atoms with van der Waals surface area (Å²) < 4.78 is 5.38. The fourth-order valence-corrected chi connectivity index (χ4v) is 1.41. The van der Waals surface area contributed by atoms with Gasteiger partial charge in [-0.15, -0.1) is 0 Å². The predicted molar refractivity (Wildman–Crippen MR) is 66.1 cm³/mol. The summed E-state index contributed by atoms with van der Waals surface area (Å²) in [5, 5.41) is 5.13. The molecule has 1 aromatic rings. The summed E-state index contributed by atoms with van der Waals surface area (Å²) in [6, 6.07) is 9.51. The lowest BCUT2D eigenvalue weighted by Crippen LogP contribution is -2.42.